The zero-order valence-corrected chi connectivity index (χ0v) is 12.7. The minimum atomic E-state index is 0.0366. The van der Waals surface area contributed by atoms with Crippen molar-refractivity contribution in [3.8, 4) is 0 Å². The number of halogens is 1. The first-order valence-electron chi connectivity index (χ1n) is 6.94. The van der Waals surface area contributed by atoms with Gasteiger partial charge in [-0.1, -0.05) is 6.07 Å². The molecule has 1 amide bonds. The molecule has 0 spiro atoms. The Morgan fingerprint density at radius 3 is 2.84 bits per heavy atom. The van der Waals surface area contributed by atoms with Crippen molar-refractivity contribution in [1.82, 2.24) is 10.2 Å². The fraction of sp³-hybridized carbons (Fsp3) is 0.533. The van der Waals surface area contributed by atoms with Crippen molar-refractivity contribution in [2.24, 2.45) is 0 Å². The van der Waals surface area contributed by atoms with E-state index in [1.54, 1.807) is 0 Å². The van der Waals surface area contributed by atoms with Crippen molar-refractivity contribution < 1.29 is 4.79 Å². The summed E-state index contributed by atoms with van der Waals surface area (Å²) in [6.07, 6.45) is 3.75. The molecule has 3 rings (SSSR count). The van der Waals surface area contributed by atoms with Crippen LogP contribution in [0.1, 0.15) is 35.2 Å². The quantitative estimate of drug-likeness (QED) is 0.928. The van der Waals surface area contributed by atoms with Gasteiger partial charge < -0.3 is 5.32 Å². The van der Waals surface area contributed by atoms with E-state index in [1.165, 1.54) is 12.8 Å². The number of nitrogens with one attached hydrogen (secondary N) is 1. The van der Waals surface area contributed by atoms with Crippen LogP contribution >= 0.6 is 15.9 Å². The van der Waals surface area contributed by atoms with Gasteiger partial charge in [0, 0.05) is 29.6 Å². The summed E-state index contributed by atoms with van der Waals surface area (Å²) in [6, 6.07) is 6.96. The van der Waals surface area contributed by atoms with Crippen molar-refractivity contribution in [2.45, 2.75) is 38.3 Å². The average Bonchev–Trinajstić information content (AvgIpc) is 3.10. The second-order valence-electron chi connectivity index (χ2n) is 5.67. The summed E-state index contributed by atoms with van der Waals surface area (Å²) in [5, 5.41) is 3.16. The topological polar surface area (TPSA) is 32.3 Å². The monoisotopic (exact) mass is 322 g/mol. The third-order valence-electron chi connectivity index (χ3n) is 3.99. The normalized spacial score (nSPS) is 23.6. The van der Waals surface area contributed by atoms with Crippen molar-refractivity contribution in [3.63, 3.8) is 0 Å². The summed E-state index contributed by atoms with van der Waals surface area (Å²) in [5.41, 5.74) is 1.89. The Morgan fingerprint density at radius 2 is 2.16 bits per heavy atom. The van der Waals surface area contributed by atoms with Gasteiger partial charge in [-0.3, -0.25) is 9.69 Å². The first kappa shape index (κ1) is 13.1. The maximum absolute atomic E-state index is 12.3. The number of likely N-dealkylation sites (tertiary alicyclic amines) is 1. The van der Waals surface area contributed by atoms with Crippen LogP contribution in [0.4, 0.5) is 0 Å². The smallest absolute Gasteiger partial charge is 0.252 e. The van der Waals surface area contributed by atoms with E-state index in [0.29, 0.717) is 6.04 Å². The Hall–Kier alpha value is -0.870. The number of aryl methyl sites for hydroxylation is 1. The lowest BCUT2D eigenvalue weighted by atomic mass is 10.1. The Morgan fingerprint density at radius 1 is 1.37 bits per heavy atom. The highest BCUT2D eigenvalue weighted by molar-refractivity contribution is 9.10. The Labute approximate surface area is 122 Å². The molecule has 1 aromatic carbocycles. The SMILES string of the molecule is Cc1ccc(C(=O)NC2CCN(C3CC3)C2)c(Br)c1. The van der Waals surface area contributed by atoms with Gasteiger partial charge in [0.05, 0.1) is 5.56 Å². The van der Waals surface area contributed by atoms with Crippen molar-refractivity contribution in [2.75, 3.05) is 13.1 Å². The van der Waals surface area contributed by atoms with Crippen LogP contribution < -0.4 is 5.32 Å². The second kappa shape index (κ2) is 5.25. The van der Waals surface area contributed by atoms with Gasteiger partial charge in [0.25, 0.3) is 5.91 Å². The Balaban J connectivity index is 1.61. The first-order valence-corrected chi connectivity index (χ1v) is 7.74. The molecule has 1 saturated carbocycles. The summed E-state index contributed by atoms with van der Waals surface area (Å²) >= 11 is 3.47. The molecule has 1 atom stereocenters. The Kier molecular flexibility index (Phi) is 3.63. The fourth-order valence-corrected chi connectivity index (χ4v) is 3.42. The van der Waals surface area contributed by atoms with Gasteiger partial charge in [-0.05, 0) is 59.8 Å². The highest BCUT2D eigenvalue weighted by Crippen LogP contribution is 2.30. The Bertz CT molecular complexity index is 499. The number of carbonyl (C=O) groups excluding carboxylic acids is 1. The van der Waals surface area contributed by atoms with E-state index in [9.17, 15) is 4.79 Å². The standard InChI is InChI=1S/C15H19BrN2O/c1-10-2-5-13(14(16)8-10)15(19)17-11-6-7-18(9-11)12-3-4-12/h2,5,8,11-12H,3-4,6-7,9H2,1H3,(H,17,19). The zero-order valence-electron chi connectivity index (χ0n) is 11.2. The van der Waals surface area contributed by atoms with Gasteiger partial charge in [0.1, 0.15) is 0 Å². The number of rotatable bonds is 3. The summed E-state index contributed by atoms with van der Waals surface area (Å²) in [4.78, 5) is 14.8. The van der Waals surface area contributed by atoms with Crippen LogP contribution in [0.5, 0.6) is 0 Å². The number of nitrogens with zero attached hydrogens (tertiary/aromatic N) is 1. The molecule has 1 saturated heterocycles. The number of hydrogen-bond donors (Lipinski definition) is 1. The van der Waals surface area contributed by atoms with Gasteiger partial charge in [-0.2, -0.15) is 0 Å². The minimum absolute atomic E-state index is 0.0366. The molecule has 2 fully saturated rings. The molecule has 102 valence electrons. The van der Waals surface area contributed by atoms with Gasteiger partial charge in [-0.25, -0.2) is 0 Å². The third kappa shape index (κ3) is 3.00. The summed E-state index contributed by atoms with van der Waals surface area (Å²) in [6.45, 7) is 4.17. The first-order chi connectivity index (χ1) is 9.13. The molecule has 1 aliphatic heterocycles. The summed E-state index contributed by atoms with van der Waals surface area (Å²) in [7, 11) is 0. The molecule has 19 heavy (non-hydrogen) atoms. The molecule has 1 heterocycles. The van der Waals surface area contributed by atoms with E-state index in [0.717, 1.165) is 41.2 Å². The van der Waals surface area contributed by atoms with Gasteiger partial charge in [0.15, 0.2) is 0 Å². The van der Waals surface area contributed by atoms with E-state index < -0.39 is 0 Å². The number of carbonyl (C=O) groups is 1. The number of hydrogen-bond acceptors (Lipinski definition) is 2. The number of benzene rings is 1. The van der Waals surface area contributed by atoms with Crippen molar-refractivity contribution in [1.29, 1.82) is 0 Å². The van der Waals surface area contributed by atoms with Crippen LogP contribution in [0.3, 0.4) is 0 Å². The third-order valence-corrected chi connectivity index (χ3v) is 4.64. The molecular weight excluding hydrogens is 304 g/mol. The lowest BCUT2D eigenvalue weighted by Gasteiger charge is -2.16. The minimum Gasteiger partial charge on any atom is -0.348 e. The molecule has 1 aromatic rings. The van der Waals surface area contributed by atoms with E-state index >= 15 is 0 Å². The molecular formula is C15H19BrN2O. The van der Waals surface area contributed by atoms with E-state index in [1.807, 2.05) is 25.1 Å². The van der Waals surface area contributed by atoms with Crippen LogP contribution in [0.15, 0.2) is 22.7 Å². The molecule has 2 aliphatic rings. The molecule has 1 unspecified atom stereocenters. The van der Waals surface area contributed by atoms with Crippen LogP contribution in [-0.4, -0.2) is 36.0 Å². The fourth-order valence-electron chi connectivity index (χ4n) is 2.74. The largest absolute Gasteiger partial charge is 0.348 e. The second-order valence-corrected chi connectivity index (χ2v) is 6.52. The van der Waals surface area contributed by atoms with Crippen LogP contribution in [-0.2, 0) is 0 Å². The molecule has 4 heteroatoms. The molecule has 0 radical (unpaired) electrons. The predicted molar refractivity (Wildman–Crippen MR) is 79.3 cm³/mol. The number of amides is 1. The van der Waals surface area contributed by atoms with Crippen molar-refractivity contribution in [3.05, 3.63) is 33.8 Å². The predicted octanol–water partition coefficient (Wildman–Crippen LogP) is 2.72. The van der Waals surface area contributed by atoms with Crippen LogP contribution in [0.2, 0.25) is 0 Å². The zero-order chi connectivity index (χ0) is 13.4. The van der Waals surface area contributed by atoms with Gasteiger partial charge >= 0.3 is 0 Å². The van der Waals surface area contributed by atoms with Crippen LogP contribution in [0, 0.1) is 6.92 Å². The van der Waals surface area contributed by atoms with E-state index in [-0.39, 0.29) is 5.91 Å². The summed E-state index contributed by atoms with van der Waals surface area (Å²) < 4.78 is 0.877. The highest BCUT2D eigenvalue weighted by Gasteiger charge is 2.34. The molecule has 3 nitrogen and oxygen atoms in total. The highest BCUT2D eigenvalue weighted by atomic mass is 79.9. The maximum atomic E-state index is 12.3. The molecule has 1 N–H and O–H groups in total. The lowest BCUT2D eigenvalue weighted by Crippen LogP contribution is -2.37. The van der Waals surface area contributed by atoms with E-state index in [2.05, 4.69) is 26.1 Å². The van der Waals surface area contributed by atoms with Crippen LogP contribution in [0.25, 0.3) is 0 Å². The molecule has 0 bridgehead atoms. The average molecular weight is 323 g/mol. The van der Waals surface area contributed by atoms with Gasteiger partial charge in [0.2, 0.25) is 0 Å². The summed E-state index contributed by atoms with van der Waals surface area (Å²) in [5.74, 6) is 0.0366. The van der Waals surface area contributed by atoms with Crippen molar-refractivity contribution >= 4 is 21.8 Å². The maximum Gasteiger partial charge on any atom is 0.252 e. The lowest BCUT2D eigenvalue weighted by molar-refractivity contribution is 0.0936. The van der Waals surface area contributed by atoms with Gasteiger partial charge in [-0.15, -0.1) is 0 Å². The van der Waals surface area contributed by atoms with E-state index in [4.69, 9.17) is 0 Å². The molecule has 1 aliphatic carbocycles. The molecule has 0 aromatic heterocycles.